The van der Waals surface area contributed by atoms with Gasteiger partial charge < -0.3 is 25.4 Å². The third-order valence-electron chi connectivity index (χ3n) is 5.17. The summed E-state index contributed by atoms with van der Waals surface area (Å²) in [6.07, 6.45) is 1.09. The number of carbonyl (C=O) groups excluding carboxylic acids is 3. The molecule has 10 heteroatoms. The van der Waals surface area contributed by atoms with Crippen LogP contribution < -0.4 is 16.0 Å². The van der Waals surface area contributed by atoms with E-state index in [2.05, 4.69) is 20.9 Å². The van der Waals surface area contributed by atoms with Crippen molar-refractivity contribution in [2.45, 2.75) is 58.2 Å². The first-order valence-corrected chi connectivity index (χ1v) is 11.8. The van der Waals surface area contributed by atoms with Gasteiger partial charge >= 0.3 is 18.1 Å². The number of esters is 1. The van der Waals surface area contributed by atoms with E-state index in [0.29, 0.717) is 30.9 Å². The molecule has 3 heterocycles. The fraction of sp³-hybridized carbons (Fsp3) is 0.591. The maximum Gasteiger partial charge on any atom is 0.407 e. The zero-order chi connectivity index (χ0) is 23.3. The number of nitrogens with one attached hydrogen (secondary N) is 3. The second-order valence-corrected chi connectivity index (χ2v) is 9.84. The second-order valence-electron chi connectivity index (χ2n) is 8.86. The molecule has 3 rings (SSSR count). The average molecular weight is 465 g/mol. The first kappa shape index (κ1) is 24.1. The van der Waals surface area contributed by atoms with Crippen LogP contribution in [0, 0.1) is 0 Å². The van der Waals surface area contributed by atoms with E-state index < -0.39 is 23.7 Å². The van der Waals surface area contributed by atoms with Gasteiger partial charge in [0.05, 0.1) is 18.2 Å². The van der Waals surface area contributed by atoms with Crippen LogP contribution in [0.3, 0.4) is 0 Å². The molecule has 176 valence electrons. The smallest absolute Gasteiger partial charge is 0.407 e. The highest BCUT2D eigenvalue weighted by Crippen LogP contribution is 2.31. The van der Waals surface area contributed by atoms with E-state index in [4.69, 9.17) is 9.47 Å². The summed E-state index contributed by atoms with van der Waals surface area (Å²) in [5.41, 5.74) is 0.458. The van der Waals surface area contributed by atoms with Crippen molar-refractivity contribution in [3.8, 4) is 0 Å². The molecule has 0 saturated carbocycles. The molecule has 0 aromatic carbocycles. The Morgan fingerprint density at radius 3 is 2.59 bits per heavy atom. The van der Waals surface area contributed by atoms with Gasteiger partial charge in [-0.2, -0.15) is 0 Å². The zero-order valence-corrected chi connectivity index (χ0v) is 19.8. The highest BCUT2D eigenvalue weighted by molar-refractivity contribution is 7.10. The van der Waals surface area contributed by atoms with Crippen molar-refractivity contribution in [1.29, 1.82) is 0 Å². The minimum absolute atomic E-state index is 0.0288. The van der Waals surface area contributed by atoms with E-state index in [1.165, 1.54) is 11.3 Å². The first-order chi connectivity index (χ1) is 15.2. The van der Waals surface area contributed by atoms with Crippen molar-refractivity contribution in [3.05, 3.63) is 33.7 Å². The molecule has 2 aliphatic rings. The van der Waals surface area contributed by atoms with Crippen molar-refractivity contribution in [2.24, 2.45) is 0 Å². The number of ether oxygens (including phenoxy) is 2. The maximum atomic E-state index is 12.8. The lowest BCUT2D eigenvalue weighted by molar-refractivity contribution is -0.139. The molecule has 0 spiro atoms. The Kier molecular flexibility index (Phi) is 7.78. The number of hydrogen-bond acceptors (Lipinski definition) is 7. The van der Waals surface area contributed by atoms with Gasteiger partial charge in [-0.3, -0.25) is 4.90 Å². The molecule has 3 amide bonds. The quantitative estimate of drug-likeness (QED) is 0.559. The molecule has 0 aliphatic carbocycles. The van der Waals surface area contributed by atoms with Crippen molar-refractivity contribution in [3.63, 3.8) is 0 Å². The van der Waals surface area contributed by atoms with Gasteiger partial charge in [0, 0.05) is 36.3 Å². The monoisotopic (exact) mass is 464 g/mol. The zero-order valence-electron chi connectivity index (χ0n) is 19.0. The van der Waals surface area contributed by atoms with Gasteiger partial charge in [0.2, 0.25) is 0 Å². The standard InChI is InChI=1S/C22H32N4O5S/c1-5-30-19(27)17-15(24-20(28)25-18(17)16-7-6-12-32-16)13-26-10-8-14(9-11-26)23-21(29)31-22(2,3)4/h6-7,12,14,18H,5,8-11,13H2,1-4H3,(H,23,29)(H2,24,25,28)/t18-/m0/s1. The van der Waals surface area contributed by atoms with Crippen LogP contribution in [0.25, 0.3) is 0 Å². The number of likely N-dealkylation sites (tertiary alicyclic amines) is 1. The van der Waals surface area contributed by atoms with E-state index >= 15 is 0 Å². The predicted octanol–water partition coefficient (Wildman–Crippen LogP) is 2.91. The molecule has 0 unspecified atom stereocenters. The summed E-state index contributed by atoms with van der Waals surface area (Å²) in [5.74, 6) is -0.435. The van der Waals surface area contributed by atoms with E-state index in [9.17, 15) is 14.4 Å². The Bertz CT molecular complexity index is 854. The van der Waals surface area contributed by atoms with Gasteiger partial charge in [-0.05, 0) is 52.0 Å². The minimum atomic E-state index is -0.538. The number of nitrogens with zero attached hydrogens (tertiary/aromatic N) is 1. The molecule has 0 bridgehead atoms. The number of carbonyl (C=O) groups is 3. The van der Waals surface area contributed by atoms with E-state index in [0.717, 1.165) is 17.7 Å². The molecule has 2 aliphatic heterocycles. The van der Waals surface area contributed by atoms with Gasteiger partial charge in [-0.15, -0.1) is 11.3 Å². The second kappa shape index (κ2) is 10.4. The Labute approximate surface area is 192 Å². The summed E-state index contributed by atoms with van der Waals surface area (Å²) in [6.45, 7) is 9.36. The molecule has 32 heavy (non-hydrogen) atoms. The Hall–Kier alpha value is -2.59. The molecule has 1 aromatic rings. The van der Waals surface area contributed by atoms with Crippen LogP contribution in [0.5, 0.6) is 0 Å². The van der Waals surface area contributed by atoms with Crippen molar-refractivity contribution >= 4 is 29.4 Å². The molecular weight excluding hydrogens is 432 g/mol. The molecule has 1 aromatic heterocycles. The normalized spacial score (nSPS) is 20.4. The molecule has 1 fully saturated rings. The number of rotatable bonds is 6. The molecule has 0 radical (unpaired) electrons. The summed E-state index contributed by atoms with van der Waals surface area (Å²) >= 11 is 1.48. The molecule has 3 N–H and O–H groups in total. The van der Waals surface area contributed by atoms with E-state index in [1.54, 1.807) is 6.92 Å². The van der Waals surface area contributed by atoms with Crippen LogP contribution >= 0.6 is 11.3 Å². The average Bonchev–Trinajstić information content (AvgIpc) is 3.22. The fourth-order valence-corrected chi connectivity index (χ4v) is 4.58. The molecule has 9 nitrogen and oxygen atoms in total. The SMILES string of the molecule is CCOC(=O)C1=C(CN2CCC(NC(=O)OC(C)(C)C)CC2)NC(=O)N[C@H]1c1cccs1. The van der Waals surface area contributed by atoms with Crippen molar-refractivity contribution in [2.75, 3.05) is 26.2 Å². The lowest BCUT2D eigenvalue weighted by Crippen LogP contribution is -2.50. The largest absolute Gasteiger partial charge is 0.463 e. The van der Waals surface area contributed by atoms with Crippen LogP contribution in [0.15, 0.2) is 28.8 Å². The van der Waals surface area contributed by atoms with Gasteiger partial charge in [0.15, 0.2) is 0 Å². The topological polar surface area (TPSA) is 109 Å². The number of urea groups is 1. The van der Waals surface area contributed by atoms with Crippen LogP contribution in [0.4, 0.5) is 9.59 Å². The van der Waals surface area contributed by atoms with Crippen molar-refractivity contribution in [1.82, 2.24) is 20.9 Å². The maximum absolute atomic E-state index is 12.8. The predicted molar refractivity (Wildman–Crippen MR) is 121 cm³/mol. The van der Waals surface area contributed by atoms with Gasteiger partial charge in [0.1, 0.15) is 5.60 Å². The fourth-order valence-electron chi connectivity index (χ4n) is 3.79. The van der Waals surface area contributed by atoms with Gasteiger partial charge in [-0.25, -0.2) is 14.4 Å². The minimum Gasteiger partial charge on any atom is -0.463 e. The lowest BCUT2D eigenvalue weighted by Gasteiger charge is -2.35. The number of alkyl carbamates (subject to hydrolysis) is 1. The van der Waals surface area contributed by atoms with Gasteiger partial charge in [-0.1, -0.05) is 6.07 Å². The Morgan fingerprint density at radius 2 is 2.00 bits per heavy atom. The van der Waals surface area contributed by atoms with Crippen LogP contribution in [-0.2, 0) is 14.3 Å². The molecule has 1 saturated heterocycles. The van der Waals surface area contributed by atoms with E-state index in [-0.39, 0.29) is 18.7 Å². The van der Waals surface area contributed by atoms with Crippen molar-refractivity contribution < 1.29 is 23.9 Å². The summed E-state index contributed by atoms with van der Waals surface area (Å²) in [4.78, 5) is 40.2. The Balaban J connectivity index is 1.68. The highest BCUT2D eigenvalue weighted by atomic mass is 32.1. The molecular formula is C22H32N4O5S. The Morgan fingerprint density at radius 1 is 1.28 bits per heavy atom. The van der Waals surface area contributed by atoms with Gasteiger partial charge in [0.25, 0.3) is 0 Å². The molecule has 1 atom stereocenters. The van der Waals surface area contributed by atoms with E-state index in [1.807, 2.05) is 38.3 Å². The third-order valence-corrected chi connectivity index (χ3v) is 6.10. The number of piperidine rings is 1. The summed E-state index contributed by atoms with van der Waals surface area (Å²) in [5, 5.41) is 10.5. The van der Waals surface area contributed by atoms with Crippen LogP contribution in [0.2, 0.25) is 0 Å². The van der Waals surface area contributed by atoms with Crippen LogP contribution in [-0.4, -0.2) is 60.9 Å². The third kappa shape index (κ3) is 6.46. The summed E-state index contributed by atoms with van der Waals surface area (Å²) < 4.78 is 10.6. The number of hydrogen-bond donors (Lipinski definition) is 3. The van der Waals surface area contributed by atoms with Crippen LogP contribution in [0.1, 0.15) is 51.5 Å². The number of amides is 3. The number of thiophene rings is 1. The highest BCUT2D eigenvalue weighted by Gasteiger charge is 2.35. The summed E-state index contributed by atoms with van der Waals surface area (Å²) in [7, 11) is 0. The lowest BCUT2D eigenvalue weighted by atomic mass is 9.99. The first-order valence-electron chi connectivity index (χ1n) is 10.9. The summed E-state index contributed by atoms with van der Waals surface area (Å²) in [6, 6.07) is 2.93.